The van der Waals surface area contributed by atoms with E-state index in [0.29, 0.717) is 30.1 Å². The number of hydrogen-bond donors (Lipinski definition) is 3. The van der Waals surface area contributed by atoms with Gasteiger partial charge in [0.15, 0.2) is 12.0 Å². The molecule has 2 aromatic heterocycles. The molecule has 1 saturated heterocycles. The van der Waals surface area contributed by atoms with Crippen molar-refractivity contribution in [3.8, 4) is 11.5 Å². The highest BCUT2D eigenvalue weighted by Crippen LogP contribution is 2.31. The van der Waals surface area contributed by atoms with E-state index in [1.54, 1.807) is 23.1 Å². The summed E-state index contributed by atoms with van der Waals surface area (Å²) in [7, 11) is 0. The minimum atomic E-state index is -0.532. The molecule has 2 fully saturated rings. The molecule has 5 rings (SSSR count). The number of fused-ring (bicyclic) bond motifs is 1. The molecule has 3 aromatic rings. The van der Waals surface area contributed by atoms with Crippen LogP contribution in [-0.4, -0.2) is 27.6 Å². The largest absolute Gasteiger partial charge is 0.463 e. The lowest BCUT2D eigenvalue weighted by Crippen LogP contribution is -2.59. The number of hydrogen-bond acceptors (Lipinski definition) is 5. The quantitative estimate of drug-likeness (QED) is 0.553. The maximum atomic E-state index is 12.7. The van der Waals surface area contributed by atoms with Crippen LogP contribution in [0.1, 0.15) is 44.0 Å². The van der Waals surface area contributed by atoms with Gasteiger partial charge in [-0.1, -0.05) is 43.2 Å². The second-order valence-corrected chi connectivity index (χ2v) is 8.45. The average Bonchev–Trinajstić information content (AvgIpc) is 3.49. The van der Waals surface area contributed by atoms with Crippen LogP contribution in [-0.2, 0) is 16.0 Å². The van der Waals surface area contributed by atoms with Gasteiger partial charge in [0.2, 0.25) is 11.8 Å². The van der Waals surface area contributed by atoms with Gasteiger partial charge in [-0.2, -0.15) is 5.10 Å². The lowest BCUT2D eigenvalue weighted by molar-refractivity contribution is -0.132. The molecule has 2 aliphatic rings. The summed E-state index contributed by atoms with van der Waals surface area (Å²) in [6, 6.07) is 15.4. The van der Waals surface area contributed by atoms with Gasteiger partial charge in [0.05, 0.1) is 12.2 Å². The number of anilines is 1. The zero-order valence-corrected chi connectivity index (χ0v) is 17.8. The highest BCUT2D eigenvalue weighted by atomic mass is 16.3. The van der Waals surface area contributed by atoms with Crippen molar-refractivity contribution in [1.29, 1.82) is 0 Å². The van der Waals surface area contributed by atoms with Gasteiger partial charge in [0.1, 0.15) is 11.5 Å². The Labute approximate surface area is 186 Å². The molecule has 1 aliphatic heterocycles. The van der Waals surface area contributed by atoms with E-state index in [1.165, 1.54) is 0 Å². The van der Waals surface area contributed by atoms with Crippen molar-refractivity contribution in [2.24, 2.45) is 5.92 Å². The third kappa shape index (κ3) is 4.31. The van der Waals surface area contributed by atoms with Crippen LogP contribution in [0.2, 0.25) is 0 Å². The van der Waals surface area contributed by atoms with Crippen LogP contribution in [0, 0.1) is 5.92 Å². The van der Waals surface area contributed by atoms with Crippen molar-refractivity contribution in [2.75, 3.05) is 5.32 Å². The molecule has 166 valence electrons. The Morgan fingerprint density at radius 2 is 2.00 bits per heavy atom. The molecule has 3 N–H and O–H groups in total. The number of aromatic nitrogens is 2. The monoisotopic (exact) mass is 433 g/mol. The Hall–Kier alpha value is -3.39. The van der Waals surface area contributed by atoms with E-state index >= 15 is 0 Å². The number of furan rings is 1. The Bertz CT molecular complexity index is 1080. The maximum absolute atomic E-state index is 12.7. The lowest BCUT2D eigenvalue weighted by Gasteiger charge is -2.40. The molecular weight excluding hydrogens is 406 g/mol. The van der Waals surface area contributed by atoms with E-state index in [0.717, 1.165) is 31.2 Å². The third-order valence-corrected chi connectivity index (χ3v) is 6.26. The average molecular weight is 434 g/mol. The first-order valence-corrected chi connectivity index (χ1v) is 11.2. The molecule has 0 radical (unpaired) electrons. The molecule has 1 saturated carbocycles. The summed E-state index contributed by atoms with van der Waals surface area (Å²) < 4.78 is 7.14. The van der Waals surface area contributed by atoms with E-state index in [1.807, 2.05) is 36.4 Å². The van der Waals surface area contributed by atoms with E-state index < -0.39 is 6.29 Å². The summed E-state index contributed by atoms with van der Waals surface area (Å²) >= 11 is 0. The van der Waals surface area contributed by atoms with Crippen molar-refractivity contribution in [3.05, 3.63) is 60.4 Å². The Kier molecular flexibility index (Phi) is 5.77. The summed E-state index contributed by atoms with van der Waals surface area (Å²) in [5.74, 6) is 1.03. The fourth-order valence-electron chi connectivity index (χ4n) is 4.60. The van der Waals surface area contributed by atoms with E-state index in [2.05, 4.69) is 21.0 Å². The minimum absolute atomic E-state index is 0.0102. The van der Waals surface area contributed by atoms with Gasteiger partial charge in [-0.05, 0) is 37.0 Å². The smallest absolute Gasteiger partial charge is 0.227 e. The van der Waals surface area contributed by atoms with E-state index in [4.69, 9.17) is 4.42 Å². The molecule has 32 heavy (non-hydrogen) atoms. The standard InChI is InChI=1S/C24H27N5O3/c30-22(13-12-16-7-2-1-3-8-16)26-21-15-19(20-11-6-14-32-20)28-29(21)24-25-18-10-5-4-9-17(18)23(31)27-24/h1-3,6-8,11,14-15,17-18,24-25H,4-5,9-10,12-13H2,(H,26,30)(H,27,31). The zero-order chi connectivity index (χ0) is 21.9. The van der Waals surface area contributed by atoms with Crippen LogP contribution >= 0.6 is 0 Å². The number of nitrogens with zero attached hydrogens (tertiary/aromatic N) is 2. The molecule has 8 heteroatoms. The molecular formula is C24H27N5O3. The van der Waals surface area contributed by atoms with Crippen LogP contribution in [0.3, 0.4) is 0 Å². The number of carbonyl (C=O) groups excluding carboxylic acids is 2. The van der Waals surface area contributed by atoms with Crippen LogP contribution in [0.5, 0.6) is 0 Å². The van der Waals surface area contributed by atoms with Gasteiger partial charge < -0.3 is 15.1 Å². The van der Waals surface area contributed by atoms with Gasteiger partial charge >= 0.3 is 0 Å². The van der Waals surface area contributed by atoms with Crippen molar-refractivity contribution in [3.63, 3.8) is 0 Å². The van der Waals surface area contributed by atoms with E-state index in [-0.39, 0.29) is 23.8 Å². The number of rotatable bonds is 6. The Morgan fingerprint density at radius 1 is 1.16 bits per heavy atom. The predicted octanol–water partition coefficient (Wildman–Crippen LogP) is 3.45. The SMILES string of the molecule is O=C(CCc1ccccc1)Nc1cc(-c2ccco2)nn1C1NC(=O)C2CCCCC2N1. The van der Waals surface area contributed by atoms with Crippen molar-refractivity contribution in [2.45, 2.75) is 50.9 Å². The van der Waals surface area contributed by atoms with Crippen LogP contribution in [0.4, 0.5) is 5.82 Å². The number of amides is 2. The van der Waals surface area contributed by atoms with Gasteiger partial charge in [0, 0.05) is 18.5 Å². The number of aryl methyl sites for hydroxylation is 1. The first kappa shape index (κ1) is 20.5. The molecule has 1 aliphatic carbocycles. The first-order valence-electron chi connectivity index (χ1n) is 11.2. The third-order valence-electron chi connectivity index (χ3n) is 6.26. The summed E-state index contributed by atoms with van der Waals surface area (Å²) in [5.41, 5.74) is 1.70. The summed E-state index contributed by atoms with van der Waals surface area (Å²) in [5, 5.41) is 14.2. The number of nitrogens with one attached hydrogen (secondary N) is 3. The van der Waals surface area contributed by atoms with Crippen molar-refractivity contribution in [1.82, 2.24) is 20.4 Å². The second-order valence-electron chi connectivity index (χ2n) is 8.45. The normalized spacial score (nSPS) is 22.8. The summed E-state index contributed by atoms with van der Waals surface area (Å²) in [4.78, 5) is 25.5. The molecule has 0 spiro atoms. The van der Waals surface area contributed by atoms with Gasteiger partial charge in [-0.3, -0.25) is 14.9 Å². The molecule has 8 nitrogen and oxygen atoms in total. The second kappa shape index (κ2) is 9.00. The maximum Gasteiger partial charge on any atom is 0.227 e. The highest BCUT2D eigenvalue weighted by molar-refractivity contribution is 5.90. The van der Waals surface area contributed by atoms with Crippen LogP contribution in [0.15, 0.2) is 59.2 Å². The molecule has 3 heterocycles. The molecule has 1 aromatic carbocycles. The van der Waals surface area contributed by atoms with Crippen molar-refractivity contribution < 1.29 is 14.0 Å². The molecule has 3 atom stereocenters. The van der Waals surface area contributed by atoms with E-state index in [9.17, 15) is 9.59 Å². The fraction of sp³-hybridized carbons (Fsp3) is 0.375. The summed E-state index contributed by atoms with van der Waals surface area (Å²) in [6.07, 6.45) is 6.08. The molecule has 0 bridgehead atoms. The number of benzene rings is 1. The predicted molar refractivity (Wildman–Crippen MR) is 119 cm³/mol. The van der Waals surface area contributed by atoms with Gasteiger partial charge in [0.25, 0.3) is 0 Å². The van der Waals surface area contributed by atoms with Gasteiger partial charge in [-0.25, -0.2) is 4.68 Å². The van der Waals surface area contributed by atoms with Crippen molar-refractivity contribution >= 4 is 17.6 Å². The van der Waals surface area contributed by atoms with Crippen LogP contribution in [0.25, 0.3) is 11.5 Å². The molecule has 2 amide bonds. The Balaban J connectivity index is 1.36. The number of carbonyl (C=O) groups is 2. The van der Waals surface area contributed by atoms with Gasteiger partial charge in [-0.15, -0.1) is 0 Å². The minimum Gasteiger partial charge on any atom is -0.463 e. The molecule has 3 unspecified atom stereocenters. The summed E-state index contributed by atoms with van der Waals surface area (Å²) in [6.45, 7) is 0. The first-order chi connectivity index (χ1) is 15.7. The zero-order valence-electron chi connectivity index (χ0n) is 17.8. The van der Waals surface area contributed by atoms with Crippen LogP contribution < -0.4 is 16.0 Å². The fourth-order valence-corrected chi connectivity index (χ4v) is 4.60. The topological polar surface area (TPSA) is 101 Å². The lowest BCUT2D eigenvalue weighted by atomic mass is 9.83. The Morgan fingerprint density at radius 3 is 2.81 bits per heavy atom. The highest BCUT2D eigenvalue weighted by Gasteiger charge is 2.39.